The first-order valence-corrected chi connectivity index (χ1v) is 15.8. The van der Waals surface area contributed by atoms with E-state index >= 15 is 0 Å². The number of aryl methyl sites for hydroxylation is 1. The van der Waals surface area contributed by atoms with Gasteiger partial charge in [0.1, 0.15) is 0 Å². The van der Waals surface area contributed by atoms with Crippen molar-refractivity contribution in [2.24, 2.45) is 4.99 Å². The van der Waals surface area contributed by atoms with Gasteiger partial charge < -0.3 is 14.8 Å². The predicted octanol–water partition coefficient (Wildman–Crippen LogP) is 7.65. The molecule has 1 heterocycles. The van der Waals surface area contributed by atoms with Crippen molar-refractivity contribution < 1.29 is 17.9 Å². The van der Waals surface area contributed by atoms with Gasteiger partial charge in [-0.15, -0.1) is 0 Å². The minimum atomic E-state index is -3.64. The Bertz CT molecular complexity index is 1790. The summed E-state index contributed by atoms with van der Waals surface area (Å²) in [5.41, 5.74) is 8.89. The molecule has 214 valence electrons. The SMILES string of the molecule is C1=CNc2ccccc2N=C1.COc1ccc(S(=O)(=O)C2Cc3ccccc3-c3ccc4c(c32)CCCC4)cc1OC. The number of aliphatic imine (C=N–C) groups is 1. The van der Waals surface area contributed by atoms with Crippen LogP contribution in [0.4, 0.5) is 11.4 Å². The van der Waals surface area contributed by atoms with E-state index in [9.17, 15) is 8.42 Å². The van der Waals surface area contributed by atoms with Gasteiger partial charge in [-0.05, 0) is 95.8 Å². The summed E-state index contributed by atoms with van der Waals surface area (Å²) in [5, 5.41) is 2.51. The second-order valence-electron chi connectivity index (χ2n) is 10.6. The topological polar surface area (TPSA) is 77.0 Å². The standard InChI is InChI=1S/C26H26O4S.C9H8N2/c1-29-23-14-12-19(16-24(23)30-2)31(27,28)25-15-18-8-4-5-9-20(18)22-13-11-17-7-3-6-10-21(17)26(22)25;1-2-5-9-8(4-1)10-6-3-7-11-9/h4-5,8-9,11-14,16,25H,3,6-7,10,15H2,1-2H3;1-7,10H. The number of hydrogen-bond donors (Lipinski definition) is 1. The van der Waals surface area contributed by atoms with Gasteiger partial charge in [-0.3, -0.25) is 4.99 Å². The third-order valence-corrected chi connectivity index (χ3v) is 10.3. The lowest BCUT2D eigenvalue weighted by Crippen LogP contribution is -2.24. The smallest absolute Gasteiger partial charge is 0.185 e. The van der Waals surface area contributed by atoms with Crippen molar-refractivity contribution in [2.75, 3.05) is 19.5 Å². The average molecular weight is 579 g/mol. The highest BCUT2D eigenvalue weighted by Gasteiger charge is 2.38. The minimum Gasteiger partial charge on any atom is -0.493 e. The number of sulfone groups is 1. The first kappa shape index (κ1) is 27.8. The second kappa shape index (κ2) is 11.9. The number of allylic oxidation sites excluding steroid dienone is 1. The zero-order valence-corrected chi connectivity index (χ0v) is 24.7. The van der Waals surface area contributed by atoms with Crippen LogP contribution in [-0.2, 0) is 29.1 Å². The van der Waals surface area contributed by atoms with E-state index in [4.69, 9.17) is 9.47 Å². The summed E-state index contributed by atoms with van der Waals surface area (Å²) in [7, 11) is -0.572. The molecule has 0 aromatic heterocycles. The molecule has 1 atom stereocenters. The van der Waals surface area contributed by atoms with Gasteiger partial charge in [-0.2, -0.15) is 0 Å². The summed E-state index contributed by atoms with van der Waals surface area (Å²) in [6.07, 6.45) is 10.2. The molecule has 0 radical (unpaired) electrons. The Kier molecular flexibility index (Phi) is 7.85. The molecule has 1 unspecified atom stereocenters. The van der Waals surface area contributed by atoms with E-state index in [-0.39, 0.29) is 4.90 Å². The summed E-state index contributed by atoms with van der Waals surface area (Å²) in [5.74, 6) is 0.948. The normalized spacial score (nSPS) is 16.3. The van der Waals surface area contributed by atoms with E-state index < -0.39 is 15.1 Å². The minimum absolute atomic E-state index is 0.272. The van der Waals surface area contributed by atoms with Gasteiger partial charge in [0.25, 0.3) is 0 Å². The fourth-order valence-electron chi connectivity index (χ4n) is 6.16. The molecule has 4 aromatic carbocycles. The van der Waals surface area contributed by atoms with Gasteiger partial charge in [0.2, 0.25) is 0 Å². The van der Waals surface area contributed by atoms with Crippen molar-refractivity contribution in [3.8, 4) is 22.6 Å². The third-order valence-electron chi connectivity index (χ3n) is 8.21. The first-order chi connectivity index (χ1) is 20.5. The highest BCUT2D eigenvalue weighted by molar-refractivity contribution is 7.91. The lowest BCUT2D eigenvalue weighted by atomic mass is 9.78. The molecule has 0 amide bonds. The largest absolute Gasteiger partial charge is 0.493 e. The van der Waals surface area contributed by atoms with Crippen LogP contribution in [0.15, 0.2) is 101 Å². The molecule has 0 spiro atoms. The molecule has 7 heteroatoms. The summed E-state index contributed by atoms with van der Waals surface area (Å²) in [6.45, 7) is 0. The lowest BCUT2D eigenvalue weighted by molar-refractivity contribution is 0.354. The van der Waals surface area contributed by atoms with E-state index in [2.05, 4.69) is 34.6 Å². The molecule has 42 heavy (non-hydrogen) atoms. The average Bonchev–Trinajstić information content (AvgIpc) is 3.30. The number of rotatable bonds is 4. The number of fused-ring (bicyclic) bond motifs is 6. The molecular formula is C35H34N2O4S. The maximum Gasteiger partial charge on any atom is 0.185 e. The summed E-state index contributed by atoms with van der Waals surface area (Å²) in [6, 6.07) is 25.4. The van der Waals surface area contributed by atoms with Crippen molar-refractivity contribution in [1.29, 1.82) is 0 Å². The van der Waals surface area contributed by atoms with E-state index in [1.54, 1.807) is 31.5 Å². The lowest BCUT2D eigenvalue weighted by Gasteiger charge is -2.32. The third kappa shape index (κ3) is 5.21. The Morgan fingerprint density at radius 3 is 2.45 bits per heavy atom. The number of anilines is 1. The van der Waals surface area contributed by atoms with Gasteiger partial charge in [-0.1, -0.05) is 48.5 Å². The summed E-state index contributed by atoms with van der Waals surface area (Å²) >= 11 is 0. The summed E-state index contributed by atoms with van der Waals surface area (Å²) in [4.78, 5) is 4.48. The van der Waals surface area contributed by atoms with Crippen LogP contribution in [0.3, 0.4) is 0 Å². The highest BCUT2D eigenvalue weighted by Crippen LogP contribution is 2.48. The van der Waals surface area contributed by atoms with Gasteiger partial charge in [-0.25, -0.2) is 8.42 Å². The molecule has 6 nitrogen and oxygen atoms in total. The van der Waals surface area contributed by atoms with Gasteiger partial charge >= 0.3 is 0 Å². The Morgan fingerprint density at radius 2 is 1.60 bits per heavy atom. The highest BCUT2D eigenvalue weighted by atomic mass is 32.2. The quantitative estimate of drug-likeness (QED) is 0.269. The molecule has 0 fully saturated rings. The number of methoxy groups -OCH3 is 2. The van der Waals surface area contributed by atoms with Crippen LogP contribution in [0.25, 0.3) is 11.1 Å². The van der Waals surface area contributed by atoms with Gasteiger partial charge in [0.05, 0.1) is 35.7 Å². The molecular weight excluding hydrogens is 544 g/mol. The molecule has 4 aromatic rings. The van der Waals surface area contributed by atoms with E-state index in [0.717, 1.165) is 59.3 Å². The Morgan fingerprint density at radius 1 is 0.810 bits per heavy atom. The van der Waals surface area contributed by atoms with Gasteiger partial charge in [0, 0.05) is 18.5 Å². The van der Waals surface area contributed by atoms with Crippen LogP contribution in [-0.4, -0.2) is 28.9 Å². The molecule has 0 saturated carbocycles. The van der Waals surface area contributed by atoms with Crippen molar-refractivity contribution in [1.82, 2.24) is 0 Å². The molecule has 1 N–H and O–H groups in total. The van der Waals surface area contributed by atoms with E-state index in [1.165, 1.54) is 18.2 Å². The van der Waals surface area contributed by atoms with Crippen molar-refractivity contribution in [3.63, 3.8) is 0 Å². The van der Waals surface area contributed by atoms with Gasteiger partial charge in [0.15, 0.2) is 21.3 Å². The van der Waals surface area contributed by atoms with Crippen LogP contribution < -0.4 is 14.8 Å². The molecule has 2 aliphatic carbocycles. The number of para-hydroxylation sites is 2. The fourth-order valence-corrected chi connectivity index (χ4v) is 7.99. The van der Waals surface area contributed by atoms with Crippen molar-refractivity contribution >= 4 is 27.4 Å². The Labute approximate surface area is 247 Å². The maximum atomic E-state index is 14.0. The number of benzene rings is 4. The Hall–Kier alpha value is -4.36. The first-order valence-electron chi connectivity index (χ1n) is 14.2. The number of nitrogens with zero attached hydrogens (tertiary/aromatic N) is 1. The molecule has 3 aliphatic rings. The van der Waals surface area contributed by atoms with Crippen LogP contribution in [0.5, 0.6) is 11.5 Å². The van der Waals surface area contributed by atoms with Crippen LogP contribution in [0.2, 0.25) is 0 Å². The predicted molar refractivity (Wildman–Crippen MR) is 169 cm³/mol. The van der Waals surface area contributed by atoms with E-state index in [1.807, 2.05) is 48.7 Å². The zero-order chi connectivity index (χ0) is 29.1. The molecule has 1 aliphatic heterocycles. The summed E-state index contributed by atoms with van der Waals surface area (Å²) < 4.78 is 38.7. The van der Waals surface area contributed by atoms with E-state index in [0.29, 0.717) is 17.9 Å². The zero-order valence-electron chi connectivity index (χ0n) is 23.8. The Balaban J connectivity index is 0.000000240. The fraction of sp³-hybridized carbons (Fsp3) is 0.229. The molecule has 7 rings (SSSR count). The van der Waals surface area contributed by atoms with Crippen LogP contribution in [0, 0.1) is 0 Å². The van der Waals surface area contributed by atoms with Crippen LogP contribution in [0.1, 0.15) is 40.3 Å². The van der Waals surface area contributed by atoms with Crippen molar-refractivity contribution in [3.05, 3.63) is 113 Å². The monoisotopic (exact) mass is 578 g/mol. The van der Waals surface area contributed by atoms with Crippen molar-refractivity contribution in [2.45, 2.75) is 42.2 Å². The van der Waals surface area contributed by atoms with Crippen LogP contribution >= 0.6 is 0 Å². The molecule has 0 saturated heterocycles. The number of ether oxygens (including phenoxy) is 2. The number of hydrogen-bond acceptors (Lipinski definition) is 6. The second-order valence-corrected chi connectivity index (χ2v) is 12.7. The maximum absolute atomic E-state index is 14.0. The molecule has 0 bridgehead atoms. The number of nitrogens with one attached hydrogen (secondary N) is 1.